The highest BCUT2D eigenvalue weighted by atomic mass is 19.3. The Balaban J connectivity index is 1.76. The molecule has 0 saturated heterocycles. The number of rotatable bonds is 6. The number of nitrogens with zero attached hydrogens (tertiary/aromatic N) is 6. The molecule has 8 nitrogen and oxygen atoms in total. The van der Waals surface area contributed by atoms with E-state index in [4.69, 9.17) is 5.73 Å². The molecule has 0 saturated carbocycles. The van der Waals surface area contributed by atoms with E-state index in [0.717, 1.165) is 11.3 Å². The lowest BCUT2D eigenvalue weighted by atomic mass is 10.0. The van der Waals surface area contributed by atoms with Gasteiger partial charge in [0.15, 0.2) is 5.82 Å². The molecule has 0 aliphatic carbocycles. The minimum absolute atomic E-state index is 0.206. The third-order valence-corrected chi connectivity index (χ3v) is 5.48. The third kappa shape index (κ3) is 3.93. The zero-order valence-electron chi connectivity index (χ0n) is 18.2. The van der Waals surface area contributed by atoms with Gasteiger partial charge in [0.05, 0.1) is 41.1 Å². The lowest BCUT2D eigenvalue weighted by Gasteiger charge is -2.11. The number of alkyl halides is 2. The van der Waals surface area contributed by atoms with Crippen molar-refractivity contribution in [3.05, 3.63) is 78.4 Å². The molecule has 0 spiro atoms. The highest BCUT2D eigenvalue weighted by Crippen LogP contribution is 2.34. The van der Waals surface area contributed by atoms with E-state index in [-0.39, 0.29) is 12.6 Å². The molecule has 0 amide bonds. The molecule has 0 radical (unpaired) electrons. The minimum atomic E-state index is -2.75. The van der Waals surface area contributed by atoms with Crippen molar-refractivity contribution in [3.63, 3.8) is 0 Å². The molecule has 1 aromatic carbocycles. The first-order chi connectivity index (χ1) is 16.4. The van der Waals surface area contributed by atoms with E-state index < -0.39 is 6.55 Å². The highest BCUT2D eigenvalue weighted by molar-refractivity contribution is 5.97. The van der Waals surface area contributed by atoms with Crippen molar-refractivity contribution in [1.29, 1.82) is 0 Å². The summed E-state index contributed by atoms with van der Waals surface area (Å²) in [6, 6.07) is 15.9. The molecular weight excluding hydrogens is 440 g/mol. The standard InChI is InChI=1S/C24H21F2N7O/c1-14(27)19-5-3-6-20(30-19)15-10-17(21-8-9-32(31-21)24(25)26)18-12-28-33(22(18)11-15)23-7-2-4-16(13-34)29-23/h2-12,14,24,34H,13,27H2,1H3. The van der Waals surface area contributed by atoms with Gasteiger partial charge in [-0.15, -0.1) is 0 Å². The summed E-state index contributed by atoms with van der Waals surface area (Å²) in [6.07, 6.45) is 2.89. The number of hydrogen-bond acceptors (Lipinski definition) is 6. The largest absolute Gasteiger partial charge is 0.390 e. The number of halogens is 2. The van der Waals surface area contributed by atoms with E-state index in [9.17, 15) is 13.9 Å². The summed E-state index contributed by atoms with van der Waals surface area (Å²) < 4.78 is 28.7. The Labute approximate surface area is 193 Å². The van der Waals surface area contributed by atoms with Crippen LogP contribution in [0.15, 0.2) is 67.0 Å². The molecule has 5 aromatic rings. The molecule has 0 fully saturated rings. The number of nitrogens with two attached hydrogens (primary N) is 1. The fourth-order valence-corrected chi connectivity index (χ4v) is 3.80. The lowest BCUT2D eigenvalue weighted by Crippen LogP contribution is -2.07. The minimum Gasteiger partial charge on any atom is -0.390 e. The van der Waals surface area contributed by atoms with Crippen LogP contribution < -0.4 is 5.73 Å². The van der Waals surface area contributed by atoms with Crippen molar-refractivity contribution in [2.45, 2.75) is 26.1 Å². The van der Waals surface area contributed by atoms with Crippen molar-refractivity contribution >= 4 is 10.9 Å². The van der Waals surface area contributed by atoms with Crippen LogP contribution in [0.25, 0.3) is 39.2 Å². The average molecular weight is 461 g/mol. The number of aliphatic hydroxyl groups excluding tert-OH is 1. The Bertz CT molecular complexity index is 1480. The highest BCUT2D eigenvalue weighted by Gasteiger charge is 2.18. The number of benzene rings is 1. The first kappa shape index (κ1) is 21.8. The summed E-state index contributed by atoms with van der Waals surface area (Å²) in [6.45, 7) is -1.10. The van der Waals surface area contributed by atoms with Crippen LogP contribution >= 0.6 is 0 Å². The number of aliphatic hydroxyl groups is 1. The molecule has 0 aliphatic rings. The van der Waals surface area contributed by atoms with Gasteiger partial charge < -0.3 is 10.8 Å². The number of hydrogen-bond donors (Lipinski definition) is 2. The Morgan fingerprint density at radius 2 is 1.85 bits per heavy atom. The van der Waals surface area contributed by atoms with E-state index in [0.29, 0.717) is 44.0 Å². The molecule has 3 N–H and O–H groups in total. The Kier molecular flexibility index (Phi) is 5.60. The molecule has 0 aliphatic heterocycles. The summed E-state index contributed by atoms with van der Waals surface area (Å²) in [7, 11) is 0. The van der Waals surface area contributed by atoms with Crippen LogP contribution in [-0.2, 0) is 6.61 Å². The summed E-state index contributed by atoms with van der Waals surface area (Å²) in [5.41, 5.74) is 10.4. The maximum atomic E-state index is 13.2. The summed E-state index contributed by atoms with van der Waals surface area (Å²) in [5.74, 6) is 0.514. The molecule has 5 rings (SSSR count). The quantitative estimate of drug-likeness (QED) is 0.391. The van der Waals surface area contributed by atoms with E-state index in [2.05, 4.69) is 20.2 Å². The van der Waals surface area contributed by atoms with Crippen LogP contribution in [0.2, 0.25) is 0 Å². The third-order valence-electron chi connectivity index (χ3n) is 5.48. The van der Waals surface area contributed by atoms with E-state index >= 15 is 0 Å². The van der Waals surface area contributed by atoms with Crippen molar-refractivity contribution in [3.8, 4) is 28.3 Å². The monoisotopic (exact) mass is 461 g/mol. The van der Waals surface area contributed by atoms with E-state index in [1.165, 1.54) is 6.20 Å². The maximum absolute atomic E-state index is 13.2. The number of fused-ring (bicyclic) bond motifs is 1. The second-order valence-electron chi connectivity index (χ2n) is 7.85. The second-order valence-corrected chi connectivity index (χ2v) is 7.85. The van der Waals surface area contributed by atoms with Crippen LogP contribution in [0.3, 0.4) is 0 Å². The van der Waals surface area contributed by atoms with E-state index in [1.54, 1.807) is 35.1 Å². The number of pyridine rings is 2. The normalized spacial score (nSPS) is 12.5. The van der Waals surface area contributed by atoms with Gasteiger partial charge in [-0.25, -0.2) is 14.3 Å². The first-order valence-corrected chi connectivity index (χ1v) is 10.6. The molecule has 10 heteroatoms. The molecular formula is C24H21F2N7O. The summed E-state index contributed by atoms with van der Waals surface area (Å²) in [5, 5.41) is 18.8. The zero-order chi connectivity index (χ0) is 23.8. The summed E-state index contributed by atoms with van der Waals surface area (Å²) >= 11 is 0. The van der Waals surface area contributed by atoms with Gasteiger partial charge in [0, 0.05) is 28.8 Å². The van der Waals surface area contributed by atoms with Crippen LogP contribution in [0.4, 0.5) is 8.78 Å². The van der Waals surface area contributed by atoms with Gasteiger partial charge in [-0.1, -0.05) is 12.1 Å². The lowest BCUT2D eigenvalue weighted by molar-refractivity contribution is 0.0568. The molecule has 4 aromatic heterocycles. The zero-order valence-corrected chi connectivity index (χ0v) is 18.2. The Morgan fingerprint density at radius 1 is 1.03 bits per heavy atom. The van der Waals surface area contributed by atoms with Crippen molar-refractivity contribution in [2.24, 2.45) is 5.73 Å². The van der Waals surface area contributed by atoms with Gasteiger partial charge in [-0.3, -0.25) is 4.98 Å². The predicted molar refractivity (Wildman–Crippen MR) is 123 cm³/mol. The smallest absolute Gasteiger partial charge is 0.333 e. The molecule has 4 heterocycles. The molecule has 1 atom stereocenters. The van der Waals surface area contributed by atoms with Crippen LogP contribution in [0, 0.1) is 0 Å². The average Bonchev–Trinajstić information content (AvgIpc) is 3.51. The fourth-order valence-electron chi connectivity index (χ4n) is 3.80. The van der Waals surface area contributed by atoms with Crippen LogP contribution in [0.5, 0.6) is 0 Å². The topological polar surface area (TPSA) is 108 Å². The maximum Gasteiger partial charge on any atom is 0.333 e. The fraction of sp³-hybridized carbons (Fsp3) is 0.167. The van der Waals surface area contributed by atoms with Crippen LogP contribution in [-0.4, -0.2) is 34.6 Å². The van der Waals surface area contributed by atoms with Crippen LogP contribution in [0.1, 0.15) is 30.9 Å². The molecule has 172 valence electrons. The van der Waals surface area contributed by atoms with Gasteiger partial charge in [-0.2, -0.15) is 19.0 Å². The molecule has 0 bridgehead atoms. The van der Waals surface area contributed by atoms with Gasteiger partial charge >= 0.3 is 6.55 Å². The van der Waals surface area contributed by atoms with E-state index in [1.807, 2.05) is 37.3 Å². The predicted octanol–water partition coefficient (Wildman–Crippen LogP) is 4.25. The molecule has 1 unspecified atom stereocenters. The number of aromatic nitrogens is 6. The van der Waals surface area contributed by atoms with Crippen molar-refractivity contribution < 1.29 is 13.9 Å². The van der Waals surface area contributed by atoms with Crippen molar-refractivity contribution in [2.75, 3.05) is 0 Å². The van der Waals surface area contributed by atoms with Gasteiger partial charge in [0.25, 0.3) is 0 Å². The second kappa shape index (κ2) is 8.73. The molecule has 34 heavy (non-hydrogen) atoms. The van der Waals surface area contributed by atoms with Gasteiger partial charge in [-0.05, 0) is 49.4 Å². The van der Waals surface area contributed by atoms with Gasteiger partial charge in [0.2, 0.25) is 0 Å². The SMILES string of the molecule is CC(N)c1cccc(-c2cc(-c3ccn(C(F)F)n3)c3cnn(-c4cccc(CO)n4)c3c2)n1. The summed E-state index contributed by atoms with van der Waals surface area (Å²) in [4.78, 5) is 9.14. The Morgan fingerprint density at radius 3 is 2.59 bits per heavy atom. The Hall–Kier alpha value is -4.02. The van der Waals surface area contributed by atoms with Crippen molar-refractivity contribution in [1.82, 2.24) is 29.5 Å². The van der Waals surface area contributed by atoms with Gasteiger partial charge in [0.1, 0.15) is 0 Å². The first-order valence-electron chi connectivity index (χ1n) is 10.6.